The molecule has 0 fully saturated rings. The predicted octanol–water partition coefficient (Wildman–Crippen LogP) is 1.54. The van der Waals surface area contributed by atoms with E-state index in [0.29, 0.717) is 11.3 Å². The summed E-state index contributed by atoms with van der Waals surface area (Å²) >= 11 is 0. The molecule has 0 unspecified atom stereocenters. The highest BCUT2D eigenvalue weighted by atomic mass is 32.2. The Balaban J connectivity index is 2.32. The van der Waals surface area contributed by atoms with Crippen LogP contribution >= 0.6 is 0 Å². The number of hydroxylamine groups is 1. The number of methoxy groups -OCH3 is 1. The van der Waals surface area contributed by atoms with Crippen LogP contribution in [0.4, 0.5) is 0 Å². The first-order valence-corrected chi connectivity index (χ1v) is 9.80. The van der Waals surface area contributed by atoms with Crippen molar-refractivity contribution < 1.29 is 23.2 Å². The summed E-state index contributed by atoms with van der Waals surface area (Å²) in [5.74, 6) is -0.157. The molecule has 0 aliphatic heterocycles. The van der Waals surface area contributed by atoms with E-state index in [0.717, 1.165) is 0 Å². The molecule has 1 aromatic heterocycles. The Bertz CT molecular complexity index is 882. The van der Waals surface area contributed by atoms with Crippen LogP contribution in [0, 0.1) is 5.92 Å². The van der Waals surface area contributed by atoms with E-state index in [4.69, 9.17) is 9.94 Å². The maximum Gasteiger partial charge on any atom is 0.260 e. The number of carbonyl (C=O) groups is 1. The standard InChI is InChI=1S/C18H23N3O5S/c1-12(2)16(17(22)21-23)20-11-13-5-4-10-19-18(13)27(24,25)15-8-6-14(26-3)7-9-15/h4-10,12,16,20,23H,11H2,1-3H3,(H,21,22)/t16-/m1/s1. The molecule has 1 aromatic carbocycles. The molecule has 1 atom stereocenters. The Morgan fingerprint density at radius 2 is 1.89 bits per heavy atom. The number of hydrogen-bond donors (Lipinski definition) is 3. The van der Waals surface area contributed by atoms with E-state index in [-0.39, 0.29) is 22.4 Å². The number of pyridine rings is 1. The molecule has 1 amide bonds. The van der Waals surface area contributed by atoms with Crippen molar-refractivity contribution in [3.8, 4) is 5.75 Å². The third-order valence-electron chi connectivity index (χ3n) is 4.05. The molecular weight excluding hydrogens is 370 g/mol. The van der Waals surface area contributed by atoms with Gasteiger partial charge in [0, 0.05) is 18.3 Å². The number of nitrogens with one attached hydrogen (secondary N) is 2. The van der Waals surface area contributed by atoms with Crippen LogP contribution in [0.1, 0.15) is 19.4 Å². The van der Waals surface area contributed by atoms with Crippen molar-refractivity contribution in [3.63, 3.8) is 0 Å². The van der Waals surface area contributed by atoms with E-state index in [1.807, 2.05) is 13.8 Å². The summed E-state index contributed by atoms with van der Waals surface area (Å²) in [5, 5.41) is 11.8. The average Bonchev–Trinajstić information content (AvgIpc) is 2.67. The van der Waals surface area contributed by atoms with Crippen molar-refractivity contribution in [1.82, 2.24) is 15.8 Å². The van der Waals surface area contributed by atoms with Gasteiger partial charge in [-0.3, -0.25) is 10.0 Å². The van der Waals surface area contributed by atoms with Crippen molar-refractivity contribution in [3.05, 3.63) is 48.2 Å². The van der Waals surface area contributed by atoms with Gasteiger partial charge in [-0.15, -0.1) is 0 Å². The van der Waals surface area contributed by atoms with E-state index in [2.05, 4.69) is 10.3 Å². The van der Waals surface area contributed by atoms with Crippen LogP contribution in [0.15, 0.2) is 52.5 Å². The highest BCUT2D eigenvalue weighted by Gasteiger charge is 2.25. The van der Waals surface area contributed by atoms with Crippen molar-refractivity contribution in [2.24, 2.45) is 5.92 Å². The van der Waals surface area contributed by atoms with Crippen LogP contribution in [0.3, 0.4) is 0 Å². The molecule has 3 N–H and O–H groups in total. The van der Waals surface area contributed by atoms with Gasteiger partial charge in [0.2, 0.25) is 9.84 Å². The highest BCUT2D eigenvalue weighted by Crippen LogP contribution is 2.24. The first-order valence-electron chi connectivity index (χ1n) is 8.31. The molecule has 146 valence electrons. The molecule has 0 aliphatic carbocycles. The van der Waals surface area contributed by atoms with Crippen LogP contribution in [-0.4, -0.2) is 37.7 Å². The lowest BCUT2D eigenvalue weighted by atomic mass is 10.0. The van der Waals surface area contributed by atoms with E-state index in [9.17, 15) is 13.2 Å². The van der Waals surface area contributed by atoms with Gasteiger partial charge in [0.15, 0.2) is 5.03 Å². The van der Waals surface area contributed by atoms with Gasteiger partial charge in [0.05, 0.1) is 18.0 Å². The third-order valence-corrected chi connectivity index (χ3v) is 5.82. The van der Waals surface area contributed by atoms with Gasteiger partial charge >= 0.3 is 0 Å². The predicted molar refractivity (Wildman–Crippen MR) is 98.1 cm³/mol. The lowest BCUT2D eigenvalue weighted by Gasteiger charge is -2.20. The molecule has 27 heavy (non-hydrogen) atoms. The van der Waals surface area contributed by atoms with Crippen molar-refractivity contribution in [1.29, 1.82) is 0 Å². The smallest absolute Gasteiger partial charge is 0.260 e. The minimum atomic E-state index is -3.85. The zero-order valence-electron chi connectivity index (χ0n) is 15.3. The van der Waals surface area contributed by atoms with Crippen LogP contribution in [0.2, 0.25) is 0 Å². The maximum absolute atomic E-state index is 13.0. The number of nitrogens with zero attached hydrogens (tertiary/aromatic N) is 1. The fourth-order valence-corrected chi connectivity index (χ4v) is 3.99. The number of hydrogen-bond acceptors (Lipinski definition) is 7. The summed E-state index contributed by atoms with van der Waals surface area (Å²) in [6.07, 6.45) is 1.40. The molecule has 1 heterocycles. The molecule has 2 rings (SSSR count). The molecule has 2 aromatic rings. The number of rotatable bonds is 8. The van der Waals surface area contributed by atoms with E-state index in [1.54, 1.807) is 29.7 Å². The number of sulfone groups is 1. The van der Waals surface area contributed by atoms with Gasteiger partial charge in [-0.05, 0) is 36.2 Å². The van der Waals surface area contributed by atoms with Gasteiger partial charge in [-0.25, -0.2) is 18.9 Å². The number of amides is 1. The fraction of sp³-hybridized carbons (Fsp3) is 0.333. The maximum atomic E-state index is 13.0. The second-order valence-corrected chi connectivity index (χ2v) is 8.09. The average molecular weight is 393 g/mol. The summed E-state index contributed by atoms with van der Waals surface area (Å²) in [6, 6.07) is 8.60. The Morgan fingerprint density at radius 1 is 1.22 bits per heavy atom. The fourth-order valence-electron chi connectivity index (χ4n) is 2.59. The van der Waals surface area contributed by atoms with Gasteiger partial charge in [0.25, 0.3) is 5.91 Å². The molecule has 0 spiro atoms. The molecule has 8 nitrogen and oxygen atoms in total. The Kier molecular flexibility index (Phi) is 6.89. The van der Waals surface area contributed by atoms with Crippen molar-refractivity contribution in [2.75, 3.05) is 7.11 Å². The van der Waals surface area contributed by atoms with Gasteiger partial charge < -0.3 is 10.1 Å². The van der Waals surface area contributed by atoms with Gasteiger partial charge in [0.1, 0.15) is 5.75 Å². The minimum absolute atomic E-state index is 0.0884. The molecule has 0 bridgehead atoms. The number of benzene rings is 1. The zero-order valence-corrected chi connectivity index (χ0v) is 16.2. The molecular formula is C18H23N3O5S. The van der Waals surface area contributed by atoms with E-state index < -0.39 is 21.8 Å². The Morgan fingerprint density at radius 3 is 2.44 bits per heavy atom. The summed E-state index contributed by atoms with van der Waals surface area (Å²) < 4.78 is 31.0. The lowest BCUT2D eigenvalue weighted by Crippen LogP contribution is -2.46. The highest BCUT2D eigenvalue weighted by molar-refractivity contribution is 7.91. The first-order chi connectivity index (χ1) is 12.8. The molecule has 9 heteroatoms. The number of aromatic nitrogens is 1. The van der Waals surface area contributed by atoms with E-state index >= 15 is 0 Å². The minimum Gasteiger partial charge on any atom is -0.497 e. The second-order valence-electron chi connectivity index (χ2n) is 6.23. The second kappa shape index (κ2) is 8.94. The van der Waals surface area contributed by atoms with Crippen LogP contribution in [0.25, 0.3) is 0 Å². The van der Waals surface area contributed by atoms with Crippen molar-refractivity contribution in [2.45, 2.75) is 36.4 Å². The van der Waals surface area contributed by atoms with Crippen LogP contribution in [0.5, 0.6) is 5.75 Å². The Hall–Kier alpha value is -2.49. The summed E-state index contributed by atoms with van der Waals surface area (Å²) in [7, 11) is -2.35. The lowest BCUT2D eigenvalue weighted by molar-refractivity contribution is -0.132. The first kappa shape index (κ1) is 20.8. The van der Waals surface area contributed by atoms with Gasteiger partial charge in [-0.1, -0.05) is 19.9 Å². The summed E-state index contributed by atoms with van der Waals surface area (Å²) in [5.41, 5.74) is 2.04. The monoisotopic (exact) mass is 393 g/mol. The molecule has 0 saturated heterocycles. The van der Waals surface area contributed by atoms with Crippen molar-refractivity contribution >= 4 is 15.7 Å². The number of carbonyl (C=O) groups excluding carboxylic acids is 1. The number of ether oxygens (including phenoxy) is 1. The largest absolute Gasteiger partial charge is 0.497 e. The van der Waals surface area contributed by atoms with E-state index in [1.165, 1.54) is 25.4 Å². The quantitative estimate of drug-likeness (QED) is 0.460. The SMILES string of the molecule is COc1ccc(S(=O)(=O)c2ncccc2CN[C@@H](C(=O)NO)C(C)C)cc1. The molecule has 0 radical (unpaired) electrons. The molecule has 0 saturated carbocycles. The summed E-state index contributed by atoms with van der Waals surface area (Å²) in [6.45, 7) is 3.71. The normalized spacial score (nSPS) is 12.6. The topological polar surface area (TPSA) is 118 Å². The molecule has 0 aliphatic rings. The third kappa shape index (κ3) is 4.82. The van der Waals surface area contributed by atoms with Crippen LogP contribution in [-0.2, 0) is 21.2 Å². The Labute approximate surface area is 158 Å². The summed E-state index contributed by atoms with van der Waals surface area (Å²) in [4.78, 5) is 15.9. The zero-order chi connectivity index (χ0) is 20.0. The van der Waals surface area contributed by atoms with Gasteiger partial charge in [-0.2, -0.15) is 0 Å². The van der Waals surface area contributed by atoms with Crippen LogP contribution < -0.4 is 15.5 Å².